The summed E-state index contributed by atoms with van der Waals surface area (Å²) < 4.78 is 5.87. The molecule has 0 aliphatic rings. The van der Waals surface area contributed by atoms with E-state index in [0.717, 1.165) is 17.5 Å². The first kappa shape index (κ1) is 13.7. The lowest BCUT2D eigenvalue weighted by molar-refractivity contribution is 0.618. The molecule has 0 amide bonds. The molecule has 0 aliphatic carbocycles. The predicted octanol–water partition coefficient (Wildman–Crippen LogP) is 4.26. The van der Waals surface area contributed by atoms with Crippen LogP contribution >= 0.6 is 11.6 Å². The van der Waals surface area contributed by atoms with Crippen LogP contribution in [-0.2, 0) is 6.42 Å². The van der Waals surface area contributed by atoms with E-state index in [0.29, 0.717) is 27.4 Å². The van der Waals surface area contributed by atoms with Gasteiger partial charge in [-0.1, -0.05) is 24.6 Å². The van der Waals surface area contributed by atoms with Crippen molar-refractivity contribution in [1.82, 2.24) is 0 Å². The molecule has 0 saturated heterocycles. The Balaban J connectivity index is 2.23. The molecule has 106 valence electrons. The second-order valence-electron chi connectivity index (χ2n) is 4.90. The summed E-state index contributed by atoms with van der Waals surface area (Å²) in [5.41, 5.74) is 8.64. The van der Waals surface area contributed by atoms with Crippen LogP contribution in [0, 0.1) is 0 Å². The van der Waals surface area contributed by atoms with E-state index < -0.39 is 0 Å². The Morgan fingerprint density at radius 2 is 1.95 bits per heavy atom. The Morgan fingerprint density at radius 3 is 2.67 bits per heavy atom. The van der Waals surface area contributed by atoms with E-state index >= 15 is 0 Å². The summed E-state index contributed by atoms with van der Waals surface area (Å²) in [5, 5.41) is 1.06. The van der Waals surface area contributed by atoms with E-state index in [1.165, 1.54) is 6.07 Å². The molecule has 0 radical (unpaired) electrons. The van der Waals surface area contributed by atoms with Gasteiger partial charge in [0.2, 0.25) is 0 Å². The zero-order valence-electron chi connectivity index (χ0n) is 11.5. The largest absolute Gasteiger partial charge is 0.456 e. The van der Waals surface area contributed by atoms with Crippen LogP contribution in [0.1, 0.15) is 12.5 Å². The van der Waals surface area contributed by atoms with Crippen LogP contribution in [0.2, 0.25) is 5.02 Å². The van der Waals surface area contributed by atoms with Crippen LogP contribution in [0.5, 0.6) is 0 Å². The van der Waals surface area contributed by atoms with Crippen molar-refractivity contribution in [2.75, 3.05) is 5.73 Å². The maximum Gasteiger partial charge on any atom is 0.193 e. The van der Waals surface area contributed by atoms with Gasteiger partial charge in [-0.25, -0.2) is 0 Å². The smallest absolute Gasteiger partial charge is 0.193 e. The molecule has 0 aliphatic heterocycles. The topological polar surface area (TPSA) is 56.2 Å². The third kappa shape index (κ3) is 2.52. The van der Waals surface area contributed by atoms with Crippen molar-refractivity contribution < 1.29 is 4.42 Å². The fourth-order valence-corrected chi connectivity index (χ4v) is 2.38. The minimum absolute atomic E-state index is 0.0672. The summed E-state index contributed by atoms with van der Waals surface area (Å²) in [6, 6.07) is 12.3. The molecule has 3 nitrogen and oxygen atoms in total. The Bertz CT molecular complexity index is 884. The highest BCUT2D eigenvalue weighted by atomic mass is 35.5. The number of hydrogen-bond donors (Lipinski definition) is 1. The quantitative estimate of drug-likeness (QED) is 0.719. The summed E-state index contributed by atoms with van der Waals surface area (Å²) in [7, 11) is 0. The number of anilines is 1. The first-order valence-corrected chi connectivity index (χ1v) is 7.08. The molecule has 0 spiro atoms. The van der Waals surface area contributed by atoms with Crippen molar-refractivity contribution in [3.63, 3.8) is 0 Å². The van der Waals surface area contributed by atoms with Gasteiger partial charge in [0.05, 0.1) is 16.1 Å². The molecule has 0 unspecified atom stereocenters. The molecule has 21 heavy (non-hydrogen) atoms. The number of nitrogen functional groups attached to an aromatic ring is 1. The fraction of sp³-hybridized carbons (Fsp3) is 0.118. The SMILES string of the molecule is CCc1ccc2c(=O)cc(-c3ccc(Cl)c(N)c3)oc2c1. The molecule has 4 heteroatoms. The van der Waals surface area contributed by atoms with Gasteiger partial charge in [0, 0.05) is 11.6 Å². The van der Waals surface area contributed by atoms with E-state index in [9.17, 15) is 4.79 Å². The van der Waals surface area contributed by atoms with Gasteiger partial charge >= 0.3 is 0 Å². The first-order valence-electron chi connectivity index (χ1n) is 6.70. The Kier molecular flexibility index (Phi) is 3.43. The predicted molar refractivity (Wildman–Crippen MR) is 86.7 cm³/mol. The fourth-order valence-electron chi connectivity index (χ4n) is 2.26. The number of hydrogen-bond acceptors (Lipinski definition) is 3. The first-order chi connectivity index (χ1) is 10.1. The van der Waals surface area contributed by atoms with Crippen molar-refractivity contribution in [1.29, 1.82) is 0 Å². The number of aryl methyl sites for hydroxylation is 1. The second kappa shape index (κ2) is 5.26. The molecule has 0 atom stereocenters. The lowest BCUT2D eigenvalue weighted by atomic mass is 10.1. The highest BCUT2D eigenvalue weighted by Crippen LogP contribution is 2.28. The minimum Gasteiger partial charge on any atom is -0.456 e. The maximum atomic E-state index is 12.2. The monoisotopic (exact) mass is 299 g/mol. The van der Waals surface area contributed by atoms with Crippen molar-refractivity contribution in [2.24, 2.45) is 0 Å². The maximum absolute atomic E-state index is 12.2. The lowest BCUT2D eigenvalue weighted by Crippen LogP contribution is -2.01. The summed E-state index contributed by atoms with van der Waals surface area (Å²) in [5.74, 6) is 0.490. The van der Waals surface area contributed by atoms with Gasteiger partial charge in [-0.15, -0.1) is 0 Å². The van der Waals surface area contributed by atoms with Crippen LogP contribution in [0.25, 0.3) is 22.3 Å². The van der Waals surface area contributed by atoms with E-state index in [4.69, 9.17) is 21.8 Å². The molecule has 0 fully saturated rings. The van der Waals surface area contributed by atoms with Crippen LogP contribution in [-0.4, -0.2) is 0 Å². The van der Waals surface area contributed by atoms with Gasteiger partial charge < -0.3 is 10.2 Å². The molecule has 1 aromatic heterocycles. The third-order valence-corrected chi connectivity index (χ3v) is 3.83. The third-order valence-electron chi connectivity index (χ3n) is 3.48. The van der Waals surface area contributed by atoms with Crippen molar-refractivity contribution in [2.45, 2.75) is 13.3 Å². The number of rotatable bonds is 2. The van der Waals surface area contributed by atoms with E-state index in [1.807, 2.05) is 12.1 Å². The van der Waals surface area contributed by atoms with Crippen LogP contribution in [0.15, 0.2) is 51.7 Å². The van der Waals surface area contributed by atoms with Gasteiger partial charge in [0.25, 0.3) is 0 Å². The normalized spacial score (nSPS) is 11.0. The van der Waals surface area contributed by atoms with Gasteiger partial charge in [-0.05, 0) is 42.3 Å². The minimum atomic E-state index is -0.0672. The van der Waals surface area contributed by atoms with Crippen LogP contribution < -0.4 is 11.2 Å². The second-order valence-corrected chi connectivity index (χ2v) is 5.30. The average Bonchev–Trinajstić information content (AvgIpc) is 2.49. The van der Waals surface area contributed by atoms with Gasteiger partial charge in [0.1, 0.15) is 11.3 Å². The van der Waals surface area contributed by atoms with E-state index in [-0.39, 0.29) is 5.43 Å². The van der Waals surface area contributed by atoms with E-state index in [1.54, 1.807) is 24.3 Å². The summed E-state index contributed by atoms with van der Waals surface area (Å²) >= 11 is 5.92. The summed E-state index contributed by atoms with van der Waals surface area (Å²) in [4.78, 5) is 12.2. The number of benzene rings is 2. The van der Waals surface area contributed by atoms with Crippen molar-refractivity contribution in [3.8, 4) is 11.3 Å². The zero-order valence-corrected chi connectivity index (χ0v) is 12.3. The lowest BCUT2D eigenvalue weighted by Gasteiger charge is -2.06. The highest BCUT2D eigenvalue weighted by molar-refractivity contribution is 6.33. The molecule has 0 bridgehead atoms. The summed E-state index contributed by atoms with van der Waals surface area (Å²) in [6.07, 6.45) is 0.887. The molecule has 3 rings (SSSR count). The highest BCUT2D eigenvalue weighted by Gasteiger charge is 2.08. The molecule has 3 aromatic rings. The molecule has 2 N–H and O–H groups in total. The van der Waals surface area contributed by atoms with Crippen LogP contribution in [0.4, 0.5) is 5.69 Å². The van der Waals surface area contributed by atoms with Crippen LogP contribution in [0.3, 0.4) is 0 Å². The standard InChI is InChI=1S/C17H14ClNO2/c1-2-10-3-5-12-15(20)9-16(21-17(12)7-10)11-4-6-13(18)14(19)8-11/h3-9H,2,19H2,1H3. The molecule has 2 aromatic carbocycles. The number of fused-ring (bicyclic) bond motifs is 1. The Morgan fingerprint density at radius 1 is 1.14 bits per heavy atom. The molecular weight excluding hydrogens is 286 g/mol. The Labute approximate surface area is 127 Å². The number of halogens is 1. The average molecular weight is 300 g/mol. The van der Waals surface area contributed by atoms with Crippen molar-refractivity contribution >= 4 is 28.3 Å². The Hall–Kier alpha value is -2.26. The summed E-state index contributed by atoms with van der Waals surface area (Å²) in [6.45, 7) is 2.06. The van der Waals surface area contributed by atoms with Gasteiger partial charge in [0.15, 0.2) is 5.43 Å². The zero-order chi connectivity index (χ0) is 15.0. The van der Waals surface area contributed by atoms with E-state index in [2.05, 4.69) is 6.92 Å². The molecule has 0 saturated carbocycles. The molecule has 1 heterocycles. The molecular formula is C17H14ClNO2. The van der Waals surface area contributed by atoms with Gasteiger partial charge in [-0.2, -0.15) is 0 Å². The van der Waals surface area contributed by atoms with Crippen molar-refractivity contribution in [3.05, 3.63) is 63.3 Å². The number of nitrogens with two attached hydrogens (primary N) is 1. The van der Waals surface area contributed by atoms with Gasteiger partial charge in [-0.3, -0.25) is 4.79 Å².